The first-order chi connectivity index (χ1) is 13.5. The number of rotatable bonds is 4. The van der Waals surface area contributed by atoms with Crippen LogP contribution in [0.2, 0.25) is 0 Å². The van der Waals surface area contributed by atoms with Crippen LogP contribution in [0.1, 0.15) is 49.7 Å². The van der Waals surface area contributed by atoms with Gasteiger partial charge in [0, 0.05) is 11.0 Å². The van der Waals surface area contributed by atoms with Crippen molar-refractivity contribution in [3.8, 4) is 5.75 Å². The molecule has 1 saturated carbocycles. The Morgan fingerprint density at radius 2 is 2.07 bits per heavy atom. The third-order valence-electron chi connectivity index (χ3n) is 7.38. The first kappa shape index (κ1) is 19.0. The monoisotopic (exact) mass is 383 g/mol. The Labute approximate surface area is 166 Å². The minimum Gasteiger partial charge on any atom is -0.497 e. The number of ether oxygens (including phenoxy) is 2. The van der Waals surface area contributed by atoms with Gasteiger partial charge in [-0.05, 0) is 73.1 Å². The van der Waals surface area contributed by atoms with Crippen molar-refractivity contribution in [1.29, 1.82) is 0 Å². The van der Waals surface area contributed by atoms with Gasteiger partial charge in [-0.1, -0.05) is 19.1 Å². The van der Waals surface area contributed by atoms with Gasteiger partial charge in [0.15, 0.2) is 0 Å². The molecule has 0 aliphatic heterocycles. The van der Waals surface area contributed by atoms with Crippen molar-refractivity contribution < 1.29 is 19.1 Å². The van der Waals surface area contributed by atoms with Gasteiger partial charge in [-0.15, -0.1) is 0 Å². The molecule has 0 unspecified atom stereocenters. The highest BCUT2D eigenvalue weighted by molar-refractivity contribution is 5.97. The quantitative estimate of drug-likeness (QED) is 0.810. The fraction of sp³-hybridized carbons (Fsp3) is 0.565. The van der Waals surface area contributed by atoms with Gasteiger partial charge < -0.3 is 14.8 Å². The van der Waals surface area contributed by atoms with Gasteiger partial charge >= 0.3 is 5.97 Å². The third kappa shape index (κ3) is 3.01. The molecule has 1 aromatic carbocycles. The zero-order chi connectivity index (χ0) is 19.9. The van der Waals surface area contributed by atoms with Gasteiger partial charge in [0.2, 0.25) is 5.91 Å². The van der Waals surface area contributed by atoms with Gasteiger partial charge in [0.25, 0.3) is 0 Å². The molecule has 0 spiro atoms. The summed E-state index contributed by atoms with van der Waals surface area (Å²) in [5, 5.41) is 2.74. The van der Waals surface area contributed by atoms with E-state index in [1.807, 2.05) is 0 Å². The van der Waals surface area contributed by atoms with Crippen molar-refractivity contribution in [3.05, 3.63) is 41.0 Å². The molecular formula is C23H29NO4. The molecule has 0 heterocycles. The maximum absolute atomic E-state index is 12.8. The van der Waals surface area contributed by atoms with Gasteiger partial charge in [0.05, 0.1) is 14.2 Å². The Kier molecular flexibility index (Phi) is 4.94. The first-order valence-electron chi connectivity index (χ1n) is 10.2. The minimum atomic E-state index is -0.420. The van der Waals surface area contributed by atoms with Gasteiger partial charge in [-0.3, -0.25) is 9.59 Å². The van der Waals surface area contributed by atoms with Crippen LogP contribution in [0.3, 0.4) is 0 Å². The molecule has 0 aromatic heterocycles. The summed E-state index contributed by atoms with van der Waals surface area (Å²) in [5.41, 5.74) is 3.65. The molecule has 0 radical (unpaired) electrons. The zero-order valence-electron chi connectivity index (χ0n) is 16.9. The molecule has 0 bridgehead atoms. The molecule has 4 rings (SSSR count). The largest absolute Gasteiger partial charge is 0.497 e. The van der Waals surface area contributed by atoms with E-state index in [2.05, 4.69) is 41.3 Å². The average molecular weight is 383 g/mol. The number of amides is 1. The molecule has 1 N–H and O–H groups in total. The number of methoxy groups -OCH3 is 2. The fourth-order valence-corrected chi connectivity index (χ4v) is 5.92. The molecule has 1 amide bonds. The lowest BCUT2D eigenvalue weighted by Crippen LogP contribution is -2.44. The van der Waals surface area contributed by atoms with Crippen LogP contribution in [-0.4, -0.2) is 32.6 Å². The molecule has 150 valence electrons. The van der Waals surface area contributed by atoms with Crippen LogP contribution < -0.4 is 10.1 Å². The zero-order valence-corrected chi connectivity index (χ0v) is 16.9. The van der Waals surface area contributed by atoms with Crippen LogP contribution in [0.25, 0.3) is 0 Å². The summed E-state index contributed by atoms with van der Waals surface area (Å²) < 4.78 is 10.0. The van der Waals surface area contributed by atoms with Crippen molar-refractivity contribution in [3.63, 3.8) is 0 Å². The van der Waals surface area contributed by atoms with E-state index in [1.165, 1.54) is 18.2 Å². The predicted molar refractivity (Wildman–Crippen MR) is 106 cm³/mol. The Morgan fingerprint density at radius 1 is 1.25 bits per heavy atom. The summed E-state index contributed by atoms with van der Waals surface area (Å²) in [4.78, 5) is 24.1. The van der Waals surface area contributed by atoms with Crippen LogP contribution in [-0.2, 0) is 20.7 Å². The lowest BCUT2D eigenvalue weighted by atomic mass is 9.54. The number of aryl methyl sites for hydroxylation is 1. The van der Waals surface area contributed by atoms with E-state index in [-0.39, 0.29) is 17.9 Å². The standard InChI is InChI=1S/C23H29NO4/c1-23-11-10-17-16-7-5-15(27-2)12-14(16)4-6-18(17)19(23)8-9-20(23)22(26)24-13-21(25)28-3/h5,7,9,12,17-19H,4,6,8,10-11,13H2,1-3H3,(H,24,26)/t17-,18-,19+,23-/m1/s1. The maximum atomic E-state index is 12.8. The van der Waals surface area contributed by atoms with Crippen molar-refractivity contribution in [2.24, 2.45) is 17.3 Å². The summed E-state index contributed by atoms with van der Waals surface area (Å²) in [6, 6.07) is 6.52. The van der Waals surface area contributed by atoms with E-state index in [0.717, 1.165) is 43.4 Å². The minimum absolute atomic E-state index is 0.0747. The molecule has 3 aliphatic rings. The van der Waals surface area contributed by atoms with Crippen molar-refractivity contribution in [1.82, 2.24) is 5.32 Å². The number of benzene rings is 1. The van der Waals surface area contributed by atoms with Crippen molar-refractivity contribution in [2.75, 3.05) is 20.8 Å². The third-order valence-corrected chi connectivity index (χ3v) is 7.38. The maximum Gasteiger partial charge on any atom is 0.325 e. The smallest absolute Gasteiger partial charge is 0.325 e. The van der Waals surface area contributed by atoms with Crippen LogP contribution in [0.15, 0.2) is 29.8 Å². The fourth-order valence-electron chi connectivity index (χ4n) is 5.92. The highest BCUT2D eigenvalue weighted by Gasteiger charge is 2.53. The van der Waals surface area contributed by atoms with E-state index >= 15 is 0 Å². The second-order valence-corrected chi connectivity index (χ2v) is 8.55. The molecule has 4 atom stereocenters. The van der Waals surface area contributed by atoms with Crippen LogP contribution in [0.5, 0.6) is 5.75 Å². The molecule has 1 fully saturated rings. The lowest BCUT2D eigenvalue weighted by Gasteiger charge is -2.50. The van der Waals surface area contributed by atoms with E-state index in [9.17, 15) is 9.59 Å². The number of hydrogen-bond acceptors (Lipinski definition) is 4. The Hall–Kier alpha value is -2.30. The Bertz CT molecular complexity index is 830. The Balaban J connectivity index is 1.53. The number of hydrogen-bond donors (Lipinski definition) is 1. The van der Waals surface area contributed by atoms with Crippen molar-refractivity contribution in [2.45, 2.75) is 44.9 Å². The highest BCUT2D eigenvalue weighted by atomic mass is 16.5. The highest BCUT2D eigenvalue weighted by Crippen LogP contribution is 2.61. The molecule has 3 aliphatic carbocycles. The molecule has 1 aromatic rings. The lowest BCUT2D eigenvalue weighted by molar-refractivity contribution is -0.140. The van der Waals surface area contributed by atoms with E-state index in [1.54, 1.807) is 7.11 Å². The number of esters is 1. The predicted octanol–water partition coefficient (Wildman–Crippen LogP) is 3.38. The molecule has 5 heteroatoms. The second kappa shape index (κ2) is 7.26. The molecule has 0 saturated heterocycles. The van der Waals surface area contributed by atoms with Gasteiger partial charge in [0.1, 0.15) is 12.3 Å². The Morgan fingerprint density at radius 3 is 2.82 bits per heavy atom. The molecule has 5 nitrogen and oxygen atoms in total. The number of carbonyl (C=O) groups excluding carboxylic acids is 2. The number of allylic oxidation sites excluding steroid dienone is 1. The summed E-state index contributed by atoms with van der Waals surface area (Å²) in [7, 11) is 3.05. The summed E-state index contributed by atoms with van der Waals surface area (Å²) in [6.07, 6.45) is 7.40. The van der Waals surface area contributed by atoms with Crippen molar-refractivity contribution >= 4 is 11.9 Å². The van der Waals surface area contributed by atoms with Crippen LogP contribution >= 0.6 is 0 Å². The van der Waals surface area contributed by atoms with E-state index < -0.39 is 5.97 Å². The second-order valence-electron chi connectivity index (χ2n) is 8.55. The average Bonchev–Trinajstić information content (AvgIpc) is 3.08. The normalized spacial score (nSPS) is 30.4. The topological polar surface area (TPSA) is 64.6 Å². The summed E-state index contributed by atoms with van der Waals surface area (Å²) in [6.45, 7) is 2.17. The summed E-state index contributed by atoms with van der Waals surface area (Å²) >= 11 is 0. The van der Waals surface area contributed by atoms with Gasteiger partial charge in [-0.2, -0.15) is 0 Å². The van der Waals surface area contributed by atoms with E-state index in [4.69, 9.17) is 4.74 Å². The number of nitrogens with one attached hydrogen (secondary N) is 1. The van der Waals surface area contributed by atoms with Gasteiger partial charge in [-0.25, -0.2) is 0 Å². The van der Waals surface area contributed by atoms with E-state index in [0.29, 0.717) is 17.8 Å². The number of carbonyl (C=O) groups is 2. The van der Waals surface area contributed by atoms with Crippen LogP contribution in [0, 0.1) is 17.3 Å². The first-order valence-corrected chi connectivity index (χ1v) is 10.2. The summed E-state index contributed by atoms with van der Waals surface area (Å²) in [5.74, 6) is 2.05. The molecule has 28 heavy (non-hydrogen) atoms. The van der Waals surface area contributed by atoms with Crippen LogP contribution in [0.4, 0.5) is 0 Å². The SMILES string of the molecule is COC(=O)CNC(=O)C1=CC[C@H]2[C@@H]3CCc4cc(OC)ccc4[C@H]3CC[C@@]12C. The molecular weight excluding hydrogens is 354 g/mol. The number of fused-ring (bicyclic) bond motifs is 5.